The summed E-state index contributed by atoms with van der Waals surface area (Å²) in [5.74, 6) is -0.738. The maximum Gasteiger partial charge on any atom is 0.320 e. The van der Waals surface area contributed by atoms with Crippen LogP contribution < -0.4 is 5.73 Å². The van der Waals surface area contributed by atoms with Crippen LogP contribution in [0.25, 0.3) is 0 Å². The van der Waals surface area contributed by atoms with E-state index >= 15 is 0 Å². The Kier molecular flexibility index (Phi) is 9.24. The molecule has 0 saturated heterocycles. The average molecular weight is 230 g/mol. The van der Waals surface area contributed by atoms with Gasteiger partial charge in [0.15, 0.2) is 0 Å². The van der Waals surface area contributed by atoms with Crippen LogP contribution in [0, 0.1) is 0 Å². The molecule has 0 bridgehead atoms. The standard InChI is InChI=1S/C12H26N2O2/c1-3-5-9-14(10-6-4-2)11(7-8-13)12(15)16/h11H,3-10,13H2,1-2H3,(H,15,16). The molecule has 1 unspecified atom stereocenters. The number of carbonyl (C=O) groups is 1. The average Bonchev–Trinajstić information content (AvgIpc) is 2.26. The molecule has 0 saturated carbocycles. The predicted molar refractivity (Wildman–Crippen MR) is 66.5 cm³/mol. The van der Waals surface area contributed by atoms with Gasteiger partial charge in [0, 0.05) is 0 Å². The second-order valence-electron chi connectivity index (χ2n) is 4.17. The van der Waals surface area contributed by atoms with Gasteiger partial charge in [-0.05, 0) is 38.9 Å². The first-order valence-electron chi connectivity index (χ1n) is 6.34. The Hall–Kier alpha value is -0.610. The molecule has 0 rings (SSSR count). The highest BCUT2D eigenvalue weighted by Crippen LogP contribution is 2.08. The van der Waals surface area contributed by atoms with Crippen molar-refractivity contribution in [1.82, 2.24) is 4.90 Å². The third-order valence-electron chi connectivity index (χ3n) is 2.76. The van der Waals surface area contributed by atoms with E-state index in [1.165, 1.54) is 0 Å². The fraction of sp³-hybridized carbons (Fsp3) is 0.917. The highest BCUT2D eigenvalue weighted by molar-refractivity contribution is 5.73. The lowest BCUT2D eigenvalue weighted by Gasteiger charge is -2.28. The van der Waals surface area contributed by atoms with E-state index in [-0.39, 0.29) is 0 Å². The number of nitrogens with two attached hydrogens (primary N) is 1. The number of carboxylic acid groups (broad SMARTS) is 1. The molecule has 3 N–H and O–H groups in total. The number of hydrogen-bond acceptors (Lipinski definition) is 3. The molecule has 0 radical (unpaired) electrons. The second-order valence-corrected chi connectivity index (χ2v) is 4.17. The van der Waals surface area contributed by atoms with E-state index in [9.17, 15) is 9.90 Å². The number of rotatable bonds is 10. The van der Waals surface area contributed by atoms with Crippen LogP contribution in [-0.4, -0.2) is 41.7 Å². The Morgan fingerprint density at radius 3 is 2.06 bits per heavy atom. The maximum atomic E-state index is 11.2. The molecule has 0 aliphatic heterocycles. The first-order chi connectivity index (χ1) is 7.67. The fourth-order valence-corrected chi connectivity index (χ4v) is 1.77. The van der Waals surface area contributed by atoms with Gasteiger partial charge in [-0.15, -0.1) is 0 Å². The van der Waals surface area contributed by atoms with E-state index in [0.717, 1.165) is 38.8 Å². The largest absolute Gasteiger partial charge is 0.480 e. The van der Waals surface area contributed by atoms with E-state index in [4.69, 9.17) is 5.73 Å². The van der Waals surface area contributed by atoms with Gasteiger partial charge in [-0.1, -0.05) is 26.7 Å². The summed E-state index contributed by atoms with van der Waals surface area (Å²) in [6.45, 7) is 6.42. The van der Waals surface area contributed by atoms with Crippen molar-refractivity contribution in [3.05, 3.63) is 0 Å². The number of carboxylic acids is 1. The molecular formula is C12H26N2O2. The van der Waals surface area contributed by atoms with Crippen LogP contribution in [0.2, 0.25) is 0 Å². The van der Waals surface area contributed by atoms with Crippen molar-refractivity contribution in [3.63, 3.8) is 0 Å². The van der Waals surface area contributed by atoms with Crippen LogP contribution in [-0.2, 0) is 4.79 Å². The van der Waals surface area contributed by atoms with Gasteiger partial charge in [-0.25, -0.2) is 0 Å². The third-order valence-corrected chi connectivity index (χ3v) is 2.76. The Bertz CT molecular complexity index is 178. The molecule has 4 nitrogen and oxygen atoms in total. The van der Waals surface area contributed by atoms with Crippen LogP contribution in [0.1, 0.15) is 46.0 Å². The molecule has 0 aromatic heterocycles. The van der Waals surface area contributed by atoms with Crippen LogP contribution in [0.4, 0.5) is 0 Å². The zero-order chi connectivity index (χ0) is 12.4. The summed E-state index contributed by atoms with van der Waals surface area (Å²) in [6, 6.07) is -0.400. The lowest BCUT2D eigenvalue weighted by atomic mass is 10.1. The van der Waals surface area contributed by atoms with Gasteiger partial charge in [-0.3, -0.25) is 9.69 Å². The molecule has 0 fully saturated rings. The van der Waals surface area contributed by atoms with E-state index in [1.807, 2.05) is 0 Å². The lowest BCUT2D eigenvalue weighted by Crippen LogP contribution is -2.43. The van der Waals surface area contributed by atoms with Crippen LogP contribution in [0.5, 0.6) is 0 Å². The Balaban J connectivity index is 4.33. The molecule has 0 amide bonds. The molecule has 4 heteroatoms. The second kappa shape index (κ2) is 9.60. The SMILES string of the molecule is CCCCN(CCCC)C(CCN)C(=O)O. The summed E-state index contributed by atoms with van der Waals surface area (Å²) in [6.07, 6.45) is 4.84. The molecule has 16 heavy (non-hydrogen) atoms. The molecule has 0 aliphatic carbocycles. The van der Waals surface area contributed by atoms with Gasteiger partial charge in [0.2, 0.25) is 0 Å². The zero-order valence-electron chi connectivity index (χ0n) is 10.6. The monoisotopic (exact) mass is 230 g/mol. The minimum Gasteiger partial charge on any atom is -0.480 e. The first-order valence-corrected chi connectivity index (χ1v) is 6.34. The molecule has 0 aromatic carbocycles. The Morgan fingerprint density at radius 2 is 1.75 bits per heavy atom. The van der Waals surface area contributed by atoms with Crippen molar-refractivity contribution >= 4 is 5.97 Å². The predicted octanol–water partition coefficient (Wildman–Crippen LogP) is 1.69. The minimum absolute atomic E-state index is 0.400. The van der Waals surface area contributed by atoms with Crippen molar-refractivity contribution < 1.29 is 9.90 Å². The quantitative estimate of drug-likeness (QED) is 0.599. The third kappa shape index (κ3) is 6.08. The smallest absolute Gasteiger partial charge is 0.320 e. The van der Waals surface area contributed by atoms with E-state index in [2.05, 4.69) is 18.7 Å². The lowest BCUT2D eigenvalue weighted by molar-refractivity contribution is -0.143. The maximum absolute atomic E-state index is 11.2. The molecule has 0 aliphatic rings. The van der Waals surface area contributed by atoms with Gasteiger partial charge in [-0.2, -0.15) is 0 Å². The Morgan fingerprint density at radius 1 is 1.25 bits per heavy atom. The molecular weight excluding hydrogens is 204 g/mol. The van der Waals surface area contributed by atoms with Crippen molar-refractivity contribution in [2.45, 2.75) is 52.0 Å². The van der Waals surface area contributed by atoms with Crippen molar-refractivity contribution in [2.75, 3.05) is 19.6 Å². The fourth-order valence-electron chi connectivity index (χ4n) is 1.77. The van der Waals surface area contributed by atoms with Crippen LogP contribution in [0.15, 0.2) is 0 Å². The zero-order valence-corrected chi connectivity index (χ0v) is 10.6. The molecule has 0 aromatic rings. The number of hydrogen-bond donors (Lipinski definition) is 2. The number of unbranched alkanes of at least 4 members (excludes halogenated alkanes) is 2. The van der Waals surface area contributed by atoms with E-state index < -0.39 is 12.0 Å². The summed E-state index contributed by atoms with van der Waals surface area (Å²) in [5, 5.41) is 9.18. The van der Waals surface area contributed by atoms with Gasteiger partial charge in [0.25, 0.3) is 0 Å². The molecule has 0 heterocycles. The van der Waals surface area contributed by atoms with Gasteiger partial charge >= 0.3 is 5.97 Å². The van der Waals surface area contributed by atoms with E-state index in [1.54, 1.807) is 0 Å². The highest BCUT2D eigenvalue weighted by Gasteiger charge is 2.23. The molecule has 1 atom stereocenters. The molecule has 0 spiro atoms. The minimum atomic E-state index is -0.738. The molecule has 96 valence electrons. The highest BCUT2D eigenvalue weighted by atomic mass is 16.4. The summed E-state index contributed by atoms with van der Waals surface area (Å²) in [5.41, 5.74) is 5.47. The van der Waals surface area contributed by atoms with Gasteiger partial charge in [0.1, 0.15) is 6.04 Å². The summed E-state index contributed by atoms with van der Waals surface area (Å²) in [4.78, 5) is 13.2. The van der Waals surface area contributed by atoms with Gasteiger partial charge in [0.05, 0.1) is 0 Å². The first kappa shape index (κ1) is 15.4. The van der Waals surface area contributed by atoms with Crippen LogP contribution >= 0.6 is 0 Å². The topological polar surface area (TPSA) is 66.6 Å². The van der Waals surface area contributed by atoms with Crippen molar-refractivity contribution in [3.8, 4) is 0 Å². The van der Waals surface area contributed by atoms with Crippen molar-refractivity contribution in [1.29, 1.82) is 0 Å². The summed E-state index contributed by atoms with van der Waals surface area (Å²) in [7, 11) is 0. The van der Waals surface area contributed by atoms with Gasteiger partial charge < -0.3 is 10.8 Å². The number of aliphatic carboxylic acids is 1. The van der Waals surface area contributed by atoms with Crippen molar-refractivity contribution in [2.24, 2.45) is 5.73 Å². The summed E-state index contributed by atoms with van der Waals surface area (Å²) >= 11 is 0. The number of nitrogens with zero attached hydrogens (tertiary/aromatic N) is 1. The van der Waals surface area contributed by atoms with E-state index in [0.29, 0.717) is 13.0 Å². The summed E-state index contributed by atoms with van der Waals surface area (Å²) < 4.78 is 0. The Labute approximate surface area is 98.8 Å². The normalized spacial score (nSPS) is 13.0. The van der Waals surface area contributed by atoms with Crippen LogP contribution in [0.3, 0.4) is 0 Å².